The molecule has 53 heavy (non-hydrogen) atoms. The molecule has 8 nitrogen and oxygen atoms in total. The van der Waals surface area contributed by atoms with E-state index >= 15 is 0 Å². The van der Waals surface area contributed by atoms with E-state index in [2.05, 4.69) is 75.6 Å². The summed E-state index contributed by atoms with van der Waals surface area (Å²) in [7, 11) is 3.47. The third-order valence-corrected chi connectivity index (χ3v) is 10.7. The zero-order valence-corrected chi connectivity index (χ0v) is 33.3. The monoisotopic (exact) mass is 770 g/mol. The fourth-order valence-electron chi connectivity index (χ4n) is 7.28. The van der Waals surface area contributed by atoms with Crippen LogP contribution in [0, 0.1) is 0 Å². The van der Waals surface area contributed by atoms with Gasteiger partial charge in [0.2, 0.25) is 0 Å². The minimum atomic E-state index is 0. The molecule has 4 aromatic carbocycles. The summed E-state index contributed by atoms with van der Waals surface area (Å²) in [5, 5.41) is 8.09. The van der Waals surface area contributed by atoms with Crippen molar-refractivity contribution in [1.29, 1.82) is 0 Å². The normalized spacial score (nSPS) is 11.7. The van der Waals surface area contributed by atoms with Crippen molar-refractivity contribution >= 4 is 101 Å². The molecule has 0 radical (unpaired) electrons. The van der Waals surface area contributed by atoms with Crippen molar-refractivity contribution in [3.63, 3.8) is 0 Å². The van der Waals surface area contributed by atoms with Crippen molar-refractivity contribution in [2.75, 3.05) is 40.4 Å². The Kier molecular flexibility index (Phi) is 11.9. The molecule has 0 aliphatic heterocycles. The first-order chi connectivity index (χ1) is 25.3. The number of nitrogens with one attached hydrogen (secondary N) is 2. The molecule has 8 aromatic rings. The number of pyridine rings is 2. The molecule has 8 rings (SSSR count). The molecule has 11 heteroatoms. The third-order valence-electron chi connectivity index (χ3n) is 10.2. The predicted octanol–water partition coefficient (Wildman–Crippen LogP) is 11.2. The molecule has 0 aliphatic rings. The van der Waals surface area contributed by atoms with Crippen molar-refractivity contribution in [2.24, 2.45) is 0 Å². The van der Waals surface area contributed by atoms with Crippen LogP contribution in [0.2, 0.25) is 10.0 Å². The van der Waals surface area contributed by atoms with Crippen LogP contribution in [0.5, 0.6) is 11.5 Å². The number of aromatic nitrogens is 4. The topological polar surface area (TPSA) is 82.3 Å². The highest BCUT2D eigenvalue weighted by Gasteiger charge is 2.18. The molecule has 0 amide bonds. The second-order valence-corrected chi connectivity index (χ2v) is 13.8. The molecular weight excluding hydrogens is 727 g/mol. The first kappa shape index (κ1) is 38.4. The summed E-state index contributed by atoms with van der Waals surface area (Å²) in [6.45, 7) is 14.5. The van der Waals surface area contributed by atoms with E-state index in [0.29, 0.717) is 10.0 Å². The van der Waals surface area contributed by atoms with Crippen molar-refractivity contribution in [1.82, 2.24) is 29.7 Å². The van der Waals surface area contributed by atoms with Crippen molar-refractivity contribution in [3.05, 3.63) is 94.2 Å². The van der Waals surface area contributed by atoms with Gasteiger partial charge in [0.25, 0.3) is 0 Å². The average molecular weight is 772 g/mol. The first-order valence-electron chi connectivity index (χ1n) is 17.9. The molecule has 0 unspecified atom stereocenters. The lowest BCUT2D eigenvalue weighted by Gasteiger charge is -2.20. The highest BCUT2D eigenvalue weighted by Crippen LogP contribution is 2.38. The van der Waals surface area contributed by atoms with Crippen LogP contribution >= 0.6 is 35.6 Å². The van der Waals surface area contributed by atoms with Gasteiger partial charge >= 0.3 is 0 Å². The maximum absolute atomic E-state index is 6.13. The average Bonchev–Trinajstić information content (AvgIpc) is 3.73. The van der Waals surface area contributed by atoms with E-state index in [0.717, 1.165) is 111 Å². The van der Waals surface area contributed by atoms with Crippen molar-refractivity contribution < 1.29 is 9.47 Å². The Labute approximate surface area is 325 Å². The lowest BCUT2D eigenvalue weighted by atomic mass is 10.0. The number of hydrogen-bond donors (Lipinski definition) is 2. The van der Waals surface area contributed by atoms with Crippen LogP contribution in [0.3, 0.4) is 0 Å². The van der Waals surface area contributed by atoms with Gasteiger partial charge in [-0.05, 0) is 86.8 Å². The Hall–Kier alpha value is -4.31. The van der Waals surface area contributed by atoms with E-state index in [9.17, 15) is 0 Å². The van der Waals surface area contributed by atoms with Gasteiger partial charge < -0.3 is 19.4 Å². The van der Waals surface area contributed by atoms with Gasteiger partial charge in [-0.1, -0.05) is 50.9 Å². The summed E-state index contributed by atoms with van der Waals surface area (Å²) < 4.78 is 11.4. The Morgan fingerprint density at radius 1 is 0.585 bits per heavy atom. The number of rotatable bonds is 10. The van der Waals surface area contributed by atoms with Crippen LogP contribution in [0.4, 0.5) is 0 Å². The zero-order chi connectivity index (χ0) is 36.5. The number of benzene rings is 4. The van der Waals surface area contributed by atoms with Crippen LogP contribution in [0.25, 0.3) is 65.4 Å². The summed E-state index contributed by atoms with van der Waals surface area (Å²) in [5.41, 5.74) is 8.57. The van der Waals surface area contributed by atoms with Gasteiger partial charge in [-0.3, -0.25) is 19.8 Å². The van der Waals surface area contributed by atoms with E-state index in [4.69, 9.17) is 32.7 Å². The molecule has 0 aliphatic carbocycles. The number of methoxy groups -OCH3 is 2. The molecule has 0 spiro atoms. The lowest BCUT2D eigenvalue weighted by Crippen LogP contribution is -2.22. The van der Waals surface area contributed by atoms with Crippen LogP contribution in [-0.4, -0.2) is 70.1 Å². The largest absolute Gasteiger partial charge is 0.496 e. The van der Waals surface area contributed by atoms with Gasteiger partial charge in [0, 0.05) is 90.0 Å². The van der Waals surface area contributed by atoms with E-state index in [1.165, 1.54) is 16.5 Å². The van der Waals surface area contributed by atoms with E-state index < -0.39 is 0 Å². The van der Waals surface area contributed by atoms with Crippen molar-refractivity contribution in [3.8, 4) is 11.5 Å². The van der Waals surface area contributed by atoms with Crippen LogP contribution < -0.4 is 9.47 Å². The molecule has 2 N–H and O–H groups in total. The smallest absolute Gasteiger partial charge is 0.124 e. The fourth-order valence-corrected chi connectivity index (χ4v) is 7.61. The Bertz CT molecular complexity index is 2550. The number of hydrogen-bond acceptors (Lipinski definition) is 6. The van der Waals surface area contributed by atoms with Crippen LogP contribution in [0.1, 0.15) is 38.8 Å². The molecule has 276 valence electrons. The summed E-state index contributed by atoms with van der Waals surface area (Å²) in [6, 6.07) is 20.1. The molecule has 4 aromatic heterocycles. The van der Waals surface area contributed by atoms with Crippen LogP contribution in [-0.2, 0) is 13.1 Å². The SMILES string of the molecule is CCN(CC)Cc1c(OC)ccc2[nH]c3c4ccc(Cl)cc4ncc3c12.CCN(CC)Cc1cc2[nH]c3c4ccc(Cl)cc4ncc3c2cc1OC.Cl. The third kappa shape index (κ3) is 7.31. The minimum Gasteiger partial charge on any atom is -0.496 e. The van der Waals surface area contributed by atoms with E-state index in [-0.39, 0.29) is 12.4 Å². The summed E-state index contributed by atoms with van der Waals surface area (Å²) in [6.07, 6.45) is 3.86. The highest BCUT2D eigenvalue weighted by molar-refractivity contribution is 6.32. The lowest BCUT2D eigenvalue weighted by molar-refractivity contribution is 0.289. The van der Waals surface area contributed by atoms with Gasteiger partial charge in [0.15, 0.2) is 0 Å². The van der Waals surface area contributed by atoms with Gasteiger partial charge in [-0.2, -0.15) is 0 Å². The number of ether oxygens (including phenoxy) is 2. The van der Waals surface area contributed by atoms with E-state index in [1.807, 2.05) is 54.9 Å². The first-order valence-corrected chi connectivity index (χ1v) is 18.6. The molecular formula is C42H45Cl3N6O2. The summed E-state index contributed by atoms with van der Waals surface area (Å²) in [5.74, 6) is 1.84. The predicted molar refractivity (Wildman–Crippen MR) is 226 cm³/mol. The molecule has 0 saturated carbocycles. The highest BCUT2D eigenvalue weighted by atomic mass is 35.5. The quantitative estimate of drug-likeness (QED) is 0.144. The number of H-pyrrole nitrogens is 2. The second-order valence-electron chi connectivity index (χ2n) is 13.0. The number of nitrogens with zero attached hydrogens (tertiary/aromatic N) is 4. The molecule has 0 saturated heterocycles. The molecule has 0 fully saturated rings. The summed E-state index contributed by atoms with van der Waals surface area (Å²) in [4.78, 5) is 21.2. The Morgan fingerprint density at radius 3 is 1.72 bits per heavy atom. The van der Waals surface area contributed by atoms with Crippen molar-refractivity contribution in [2.45, 2.75) is 40.8 Å². The summed E-state index contributed by atoms with van der Waals surface area (Å²) >= 11 is 12.2. The minimum absolute atomic E-state index is 0. The van der Waals surface area contributed by atoms with Gasteiger partial charge in [-0.25, -0.2) is 0 Å². The number of halogens is 3. The number of fused-ring (bicyclic) bond motifs is 10. The molecule has 0 atom stereocenters. The maximum Gasteiger partial charge on any atom is 0.124 e. The van der Waals surface area contributed by atoms with Gasteiger partial charge in [-0.15, -0.1) is 12.4 Å². The Balaban J connectivity index is 0.000000178. The second kappa shape index (κ2) is 16.4. The fraction of sp³-hybridized carbons (Fsp3) is 0.286. The van der Waals surface area contributed by atoms with Gasteiger partial charge in [0.1, 0.15) is 11.5 Å². The standard InChI is InChI=1S/2C21H22ClN3O.ClH/c1-4-25(5-2)12-13-8-19-16(10-20(13)26-3)17-11-23-18-9-14(22)6-7-15(18)21(17)24-19;1-4-25(5-2)12-16-19(26-3)9-8-17-20(16)15-11-23-18-10-13(22)6-7-14(18)21(15)24-17;/h2*6-11,24H,4-5,12H2,1-3H3;1H. The molecule has 0 bridgehead atoms. The maximum atomic E-state index is 6.13. The molecule has 4 heterocycles. The Morgan fingerprint density at radius 2 is 1.13 bits per heavy atom. The van der Waals surface area contributed by atoms with E-state index in [1.54, 1.807) is 14.2 Å². The zero-order valence-electron chi connectivity index (χ0n) is 30.9. The van der Waals surface area contributed by atoms with Crippen LogP contribution in [0.15, 0.2) is 73.1 Å². The van der Waals surface area contributed by atoms with Gasteiger partial charge in [0.05, 0.1) is 36.3 Å². The number of aromatic amines is 2.